The summed E-state index contributed by atoms with van der Waals surface area (Å²) in [7, 11) is 0. The molecule has 3 fully saturated rings. The van der Waals surface area contributed by atoms with Gasteiger partial charge < -0.3 is 4.74 Å². The van der Waals surface area contributed by atoms with E-state index in [-0.39, 0.29) is 23.4 Å². The molecule has 2 saturated carbocycles. The first-order valence-electron chi connectivity index (χ1n) is 8.33. The molecule has 0 N–H and O–H groups in total. The quantitative estimate of drug-likeness (QED) is 0.588. The maximum absolute atomic E-state index is 12.2. The lowest BCUT2D eigenvalue weighted by atomic mass is 9.62. The van der Waals surface area contributed by atoms with Crippen LogP contribution in [0.1, 0.15) is 58.8 Å². The van der Waals surface area contributed by atoms with E-state index >= 15 is 0 Å². The second kappa shape index (κ2) is 5.26. The minimum Gasteiger partial charge on any atom is -0.459 e. The number of carbonyl (C=O) groups excluding carboxylic acids is 2. The highest BCUT2D eigenvalue weighted by Crippen LogP contribution is 2.57. The number of rotatable bonds is 3. The molecule has 3 aliphatic rings. The van der Waals surface area contributed by atoms with Crippen LogP contribution in [-0.2, 0) is 14.3 Å². The summed E-state index contributed by atoms with van der Waals surface area (Å²) in [6.45, 7) is 8.35. The number of cyclic esters (lactones) is 1. The van der Waals surface area contributed by atoms with Gasteiger partial charge >= 0.3 is 5.97 Å². The molecule has 3 nitrogen and oxygen atoms in total. The molecule has 0 aromatic heterocycles. The zero-order valence-electron chi connectivity index (χ0n) is 13.2. The van der Waals surface area contributed by atoms with Crippen molar-refractivity contribution in [2.45, 2.75) is 64.9 Å². The Bertz CT molecular complexity index is 465. The lowest BCUT2D eigenvalue weighted by Gasteiger charge is -2.42. The topological polar surface area (TPSA) is 43.4 Å². The van der Waals surface area contributed by atoms with Crippen molar-refractivity contribution in [1.82, 2.24) is 0 Å². The number of carbonyl (C=O) groups is 2. The molecule has 0 aromatic rings. The van der Waals surface area contributed by atoms with Crippen molar-refractivity contribution < 1.29 is 14.3 Å². The van der Waals surface area contributed by atoms with Gasteiger partial charge in [0.25, 0.3) is 0 Å². The van der Waals surface area contributed by atoms with E-state index in [1.807, 2.05) is 0 Å². The average Bonchev–Trinajstić information content (AvgIpc) is 2.91. The molecule has 0 aromatic carbocycles. The molecule has 0 amide bonds. The Morgan fingerprint density at radius 2 is 2.14 bits per heavy atom. The smallest absolute Gasteiger partial charge is 0.333 e. The van der Waals surface area contributed by atoms with Crippen LogP contribution in [0.3, 0.4) is 0 Å². The summed E-state index contributed by atoms with van der Waals surface area (Å²) in [4.78, 5) is 23.7. The minimum atomic E-state index is -0.226. The van der Waals surface area contributed by atoms with E-state index in [1.165, 1.54) is 6.42 Å². The van der Waals surface area contributed by atoms with Crippen molar-refractivity contribution in [3.8, 4) is 0 Å². The van der Waals surface area contributed by atoms with E-state index < -0.39 is 0 Å². The van der Waals surface area contributed by atoms with Gasteiger partial charge in [0.1, 0.15) is 11.9 Å². The lowest BCUT2D eigenvalue weighted by Crippen LogP contribution is -2.39. The fourth-order valence-corrected chi connectivity index (χ4v) is 5.25. The minimum absolute atomic E-state index is 0.00180. The number of esters is 1. The largest absolute Gasteiger partial charge is 0.459 e. The molecular formula is C18H26O3. The Morgan fingerprint density at radius 1 is 1.38 bits per heavy atom. The Morgan fingerprint density at radius 3 is 2.81 bits per heavy atom. The Balaban J connectivity index is 1.68. The van der Waals surface area contributed by atoms with Gasteiger partial charge in [-0.15, -0.1) is 0 Å². The van der Waals surface area contributed by atoms with Crippen molar-refractivity contribution in [2.75, 3.05) is 0 Å². The molecular weight excluding hydrogens is 264 g/mol. The van der Waals surface area contributed by atoms with Crippen molar-refractivity contribution in [1.29, 1.82) is 0 Å². The summed E-state index contributed by atoms with van der Waals surface area (Å²) in [6, 6.07) is 0. The third-order valence-corrected chi connectivity index (χ3v) is 6.29. The third kappa shape index (κ3) is 2.45. The Kier molecular flexibility index (Phi) is 3.71. The van der Waals surface area contributed by atoms with Crippen LogP contribution in [0.15, 0.2) is 12.2 Å². The molecule has 1 unspecified atom stereocenters. The average molecular weight is 290 g/mol. The molecule has 3 heteroatoms. The molecule has 0 spiro atoms. The maximum Gasteiger partial charge on any atom is 0.333 e. The Hall–Kier alpha value is -1.12. The number of hydrogen-bond acceptors (Lipinski definition) is 3. The van der Waals surface area contributed by atoms with Crippen LogP contribution in [0.5, 0.6) is 0 Å². The summed E-state index contributed by atoms with van der Waals surface area (Å²) < 4.78 is 5.39. The zero-order chi connectivity index (χ0) is 15.2. The Labute approximate surface area is 127 Å². The highest BCUT2D eigenvalue weighted by molar-refractivity contribution is 5.89. The van der Waals surface area contributed by atoms with Crippen LogP contribution in [0, 0.1) is 23.2 Å². The summed E-state index contributed by atoms with van der Waals surface area (Å²) in [5.41, 5.74) is 0.782. The van der Waals surface area contributed by atoms with Gasteiger partial charge in [0.2, 0.25) is 0 Å². The standard InChI is InChI=1S/C18H26O3/c1-11(9-13-10-12(2)17(20)21-13)14-6-7-15-16(19)5-4-8-18(14,15)3/h11,13-15H,2,4-10H2,1,3H3/t11-,13+,14-,15?,18+/m1/s1. The third-order valence-electron chi connectivity index (χ3n) is 6.29. The van der Waals surface area contributed by atoms with Gasteiger partial charge in [0.15, 0.2) is 0 Å². The molecule has 21 heavy (non-hydrogen) atoms. The summed E-state index contributed by atoms with van der Waals surface area (Å²) >= 11 is 0. The van der Waals surface area contributed by atoms with Crippen LogP contribution >= 0.6 is 0 Å². The van der Waals surface area contributed by atoms with Gasteiger partial charge in [-0.3, -0.25) is 4.79 Å². The van der Waals surface area contributed by atoms with Gasteiger partial charge in [0.05, 0.1) is 0 Å². The van der Waals surface area contributed by atoms with Crippen LogP contribution in [0.25, 0.3) is 0 Å². The molecule has 5 atom stereocenters. The van der Waals surface area contributed by atoms with E-state index in [0.717, 1.165) is 32.1 Å². The van der Waals surface area contributed by atoms with Crippen LogP contribution in [0.2, 0.25) is 0 Å². The first-order chi connectivity index (χ1) is 9.91. The van der Waals surface area contributed by atoms with E-state index in [4.69, 9.17) is 4.74 Å². The maximum atomic E-state index is 12.2. The molecule has 0 radical (unpaired) electrons. The zero-order valence-corrected chi connectivity index (χ0v) is 13.2. The molecule has 1 heterocycles. The highest BCUT2D eigenvalue weighted by Gasteiger charge is 2.52. The van der Waals surface area contributed by atoms with Gasteiger partial charge in [-0.1, -0.05) is 20.4 Å². The first kappa shape index (κ1) is 14.8. The van der Waals surface area contributed by atoms with Crippen molar-refractivity contribution in [3.05, 3.63) is 12.2 Å². The normalized spacial score (nSPS) is 41.0. The molecule has 2 aliphatic carbocycles. The predicted octanol–water partition coefficient (Wildman–Crippen LogP) is 3.67. The number of Topliss-reactive ketones (excluding diaryl/α,β-unsaturated/α-hetero) is 1. The monoisotopic (exact) mass is 290 g/mol. The predicted molar refractivity (Wildman–Crippen MR) is 80.6 cm³/mol. The number of fused-ring (bicyclic) bond motifs is 1. The van der Waals surface area contributed by atoms with Crippen LogP contribution in [-0.4, -0.2) is 17.9 Å². The molecule has 1 saturated heterocycles. The van der Waals surface area contributed by atoms with Crippen molar-refractivity contribution in [2.24, 2.45) is 23.2 Å². The lowest BCUT2D eigenvalue weighted by molar-refractivity contribution is -0.139. The van der Waals surface area contributed by atoms with Crippen LogP contribution < -0.4 is 0 Å². The summed E-state index contributed by atoms with van der Waals surface area (Å²) in [5.74, 6) is 1.61. The molecule has 0 bridgehead atoms. The number of ether oxygens (including phenoxy) is 1. The van der Waals surface area contributed by atoms with Crippen molar-refractivity contribution in [3.63, 3.8) is 0 Å². The fraction of sp³-hybridized carbons (Fsp3) is 0.778. The van der Waals surface area contributed by atoms with Gasteiger partial charge in [-0.2, -0.15) is 0 Å². The van der Waals surface area contributed by atoms with Crippen molar-refractivity contribution >= 4 is 11.8 Å². The first-order valence-corrected chi connectivity index (χ1v) is 8.33. The van der Waals surface area contributed by atoms with E-state index in [0.29, 0.717) is 29.6 Å². The number of ketones is 1. The van der Waals surface area contributed by atoms with Gasteiger partial charge in [0, 0.05) is 24.3 Å². The summed E-state index contributed by atoms with van der Waals surface area (Å²) in [5, 5.41) is 0. The highest BCUT2D eigenvalue weighted by atomic mass is 16.5. The second-order valence-corrected chi connectivity index (χ2v) is 7.61. The summed E-state index contributed by atoms with van der Waals surface area (Å²) in [6.07, 6.45) is 6.79. The van der Waals surface area contributed by atoms with Crippen LogP contribution in [0.4, 0.5) is 0 Å². The second-order valence-electron chi connectivity index (χ2n) is 7.61. The molecule has 116 valence electrons. The van der Waals surface area contributed by atoms with E-state index in [2.05, 4.69) is 20.4 Å². The van der Waals surface area contributed by atoms with Gasteiger partial charge in [-0.05, 0) is 49.4 Å². The molecule has 1 aliphatic heterocycles. The molecule has 3 rings (SSSR count). The van der Waals surface area contributed by atoms with Gasteiger partial charge in [-0.25, -0.2) is 4.79 Å². The van der Waals surface area contributed by atoms with E-state index in [9.17, 15) is 9.59 Å². The number of hydrogen-bond donors (Lipinski definition) is 0. The SMILES string of the molecule is C=C1C[C@H](C[C@@H](C)[C@H]2CCC3C(=O)CCC[C@]32C)OC1=O. The fourth-order valence-electron chi connectivity index (χ4n) is 5.25. The van der Waals surface area contributed by atoms with E-state index in [1.54, 1.807) is 0 Å².